The maximum atomic E-state index is 15.8. The first kappa shape index (κ1) is 33.3. The second kappa shape index (κ2) is 12.7. The van der Waals surface area contributed by atoms with Crippen LogP contribution in [0.25, 0.3) is 88.9 Å². The number of rotatable bonds is 5. The highest BCUT2D eigenvalue weighted by Gasteiger charge is 2.37. The van der Waals surface area contributed by atoms with Crippen LogP contribution in [-0.2, 0) is 6.18 Å². The maximum Gasteiger partial charge on any atom is 0.418 e. The average molecular weight is 745 g/mol. The standard InChI is InChI=1S/C45H25F5N6/c46-29-19-28(20-30(47)23-29)35-24-42(56-38-10-4-2-8-32(38)34-14-12-27(22-40(34)56)44-53-17-6-18-54-44)36(45(48,49)50)25-41(35)55-37-9-3-1-7-31(37)33-13-11-26(21-39(33)55)43-51-15-5-16-52-43/h1-25H. The molecule has 0 fully saturated rings. The lowest BCUT2D eigenvalue weighted by atomic mass is 9.98. The van der Waals surface area contributed by atoms with Crippen LogP contribution in [0.15, 0.2) is 152 Å². The molecule has 0 amide bonds. The molecule has 6 aromatic carbocycles. The minimum Gasteiger partial charge on any atom is -0.309 e. The zero-order valence-electron chi connectivity index (χ0n) is 29.0. The van der Waals surface area contributed by atoms with E-state index in [2.05, 4.69) is 19.9 Å². The van der Waals surface area contributed by atoms with Crippen molar-refractivity contribution >= 4 is 43.6 Å². The van der Waals surface area contributed by atoms with Gasteiger partial charge < -0.3 is 9.13 Å². The molecule has 0 aliphatic heterocycles. The molecule has 270 valence electrons. The highest BCUT2D eigenvalue weighted by atomic mass is 19.4. The molecule has 0 saturated heterocycles. The highest BCUT2D eigenvalue weighted by Crippen LogP contribution is 2.45. The van der Waals surface area contributed by atoms with Crippen molar-refractivity contribution in [3.05, 3.63) is 169 Å². The van der Waals surface area contributed by atoms with E-state index in [0.29, 0.717) is 50.2 Å². The van der Waals surface area contributed by atoms with Crippen molar-refractivity contribution in [2.75, 3.05) is 0 Å². The summed E-state index contributed by atoms with van der Waals surface area (Å²) in [4.78, 5) is 17.5. The number of para-hydroxylation sites is 2. The van der Waals surface area contributed by atoms with E-state index in [1.165, 1.54) is 6.07 Å². The van der Waals surface area contributed by atoms with Crippen LogP contribution >= 0.6 is 0 Å². The van der Waals surface area contributed by atoms with E-state index in [1.807, 2.05) is 60.7 Å². The van der Waals surface area contributed by atoms with Crippen LogP contribution in [0.1, 0.15) is 5.56 Å². The van der Waals surface area contributed by atoms with Gasteiger partial charge in [-0.1, -0.05) is 60.7 Å². The quantitative estimate of drug-likeness (QED) is 0.165. The second-order valence-electron chi connectivity index (χ2n) is 13.4. The first-order valence-electron chi connectivity index (χ1n) is 17.6. The molecular weight excluding hydrogens is 720 g/mol. The van der Waals surface area contributed by atoms with E-state index in [1.54, 1.807) is 70.3 Å². The second-order valence-corrected chi connectivity index (χ2v) is 13.4. The predicted octanol–water partition coefficient (Wildman–Crippen LogP) is 11.8. The topological polar surface area (TPSA) is 61.4 Å². The van der Waals surface area contributed by atoms with Gasteiger partial charge in [0.15, 0.2) is 11.6 Å². The molecule has 4 heterocycles. The van der Waals surface area contributed by atoms with Crippen LogP contribution in [-0.4, -0.2) is 29.1 Å². The lowest BCUT2D eigenvalue weighted by Crippen LogP contribution is -2.13. The fourth-order valence-electron chi connectivity index (χ4n) is 7.75. The molecule has 0 aliphatic carbocycles. The number of benzene rings is 6. The molecule has 0 atom stereocenters. The molecule has 10 aromatic rings. The van der Waals surface area contributed by atoms with Gasteiger partial charge in [0.2, 0.25) is 0 Å². The molecule has 11 heteroatoms. The SMILES string of the molecule is Fc1cc(F)cc(-c2cc(-n3c4ccccc4c4ccc(-c5ncccn5)cc43)c(C(F)(F)F)cc2-n2c3ccccc3c3ccc(-c4ncccn4)cc32)c1. The van der Waals surface area contributed by atoms with Gasteiger partial charge in [-0.25, -0.2) is 28.7 Å². The van der Waals surface area contributed by atoms with Gasteiger partial charge in [-0.2, -0.15) is 13.2 Å². The first-order valence-corrected chi connectivity index (χ1v) is 17.6. The summed E-state index contributed by atoms with van der Waals surface area (Å²) in [6.45, 7) is 0. The monoisotopic (exact) mass is 744 g/mol. The van der Waals surface area contributed by atoms with Crippen molar-refractivity contribution < 1.29 is 22.0 Å². The van der Waals surface area contributed by atoms with Crippen molar-refractivity contribution in [2.24, 2.45) is 0 Å². The Morgan fingerprint density at radius 3 is 1.38 bits per heavy atom. The Morgan fingerprint density at radius 2 is 0.875 bits per heavy atom. The molecule has 0 unspecified atom stereocenters. The largest absolute Gasteiger partial charge is 0.418 e. The van der Waals surface area contributed by atoms with E-state index >= 15 is 22.0 Å². The molecule has 6 nitrogen and oxygen atoms in total. The molecule has 0 bridgehead atoms. The molecule has 4 aromatic heterocycles. The summed E-state index contributed by atoms with van der Waals surface area (Å²) >= 11 is 0. The van der Waals surface area contributed by atoms with Crippen LogP contribution in [0.4, 0.5) is 22.0 Å². The smallest absolute Gasteiger partial charge is 0.309 e. The molecule has 0 radical (unpaired) electrons. The van der Waals surface area contributed by atoms with Gasteiger partial charge in [0.25, 0.3) is 0 Å². The van der Waals surface area contributed by atoms with Gasteiger partial charge in [-0.3, -0.25) is 0 Å². The van der Waals surface area contributed by atoms with Crippen molar-refractivity contribution in [1.29, 1.82) is 0 Å². The molecule has 0 N–H and O–H groups in total. The van der Waals surface area contributed by atoms with Gasteiger partial charge in [-0.15, -0.1) is 0 Å². The van der Waals surface area contributed by atoms with Crippen LogP contribution in [0.3, 0.4) is 0 Å². The van der Waals surface area contributed by atoms with Crippen molar-refractivity contribution in [1.82, 2.24) is 29.1 Å². The Labute approximate surface area is 314 Å². The van der Waals surface area contributed by atoms with Crippen molar-refractivity contribution in [3.8, 4) is 45.3 Å². The number of hydrogen-bond acceptors (Lipinski definition) is 4. The number of halogens is 5. The van der Waals surface area contributed by atoms with E-state index < -0.39 is 23.4 Å². The summed E-state index contributed by atoms with van der Waals surface area (Å²) in [5, 5.41) is 2.95. The van der Waals surface area contributed by atoms with Gasteiger partial charge in [0, 0.05) is 69.1 Å². The van der Waals surface area contributed by atoms with Crippen LogP contribution < -0.4 is 0 Å². The number of fused-ring (bicyclic) bond motifs is 6. The third-order valence-corrected chi connectivity index (χ3v) is 10.1. The predicted molar refractivity (Wildman–Crippen MR) is 208 cm³/mol. The molecule has 0 spiro atoms. The molecule has 0 aliphatic rings. The summed E-state index contributed by atoms with van der Waals surface area (Å²) in [6.07, 6.45) is 1.53. The summed E-state index contributed by atoms with van der Waals surface area (Å²) in [5.74, 6) is -0.915. The lowest BCUT2D eigenvalue weighted by molar-refractivity contribution is -0.137. The third-order valence-electron chi connectivity index (χ3n) is 10.1. The van der Waals surface area contributed by atoms with E-state index in [4.69, 9.17) is 0 Å². The Balaban J connectivity index is 1.35. The summed E-state index contributed by atoms with van der Waals surface area (Å²) < 4.78 is 81.0. The maximum absolute atomic E-state index is 15.8. The highest BCUT2D eigenvalue weighted by molar-refractivity contribution is 6.12. The lowest BCUT2D eigenvalue weighted by Gasteiger charge is -2.22. The minimum atomic E-state index is -4.88. The first-order chi connectivity index (χ1) is 27.2. The van der Waals surface area contributed by atoms with Crippen LogP contribution in [0.2, 0.25) is 0 Å². The number of alkyl halides is 3. The van der Waals surface area contributed by atoms with Gasteiger partial charge in [0.05, 0.1) is 39.0 Å². The zero-order valence-corrected chi connectivity index (χ0v) is 29.0. The van der Waals surface area contributed by atoms with Gasteiger partial charge in [-0.05, 0) is 66.2 Å². The van der Waals surface area contributed by atoms with Gasteiger partial charge in [0.1, 0.15) is 11.6 Å². The van der Waals surface area contributed by atoms with Gasteiger partial charge >= 0.3 is 6.18 Å². The number of aromatic nitrogens is 6. The van der Waals surface area contributed by atoms with E-state index in [9.17, 15) is 0 Å². The Bertz CT molecular complexity index is 3130. The van der Waals surface area contributed by atoms with Crippen LogP contribution in [0, 0.1) is 11.6 Å². The molecular formula is C45H25F5N6. The average Bonchev–Trinajstić information content (AvgIpc) is 3.72. The number of hydrogen-bond donors (Lipinski definition) is 0. The normalized spacial score (nSPS) is 12.0. The van der Waals surface area contributed by atoms with Crippen LogP contribution in [0.5, 0.6) is 0 Å². The fourth-order valence-corrected chi connectivity index (χ4v) is 7.75. The van der Waals surface area contributed by atoms with E-state index in [0.717, 1.165) is 40.4 Å². The molecule has 0 saturated carbocycles. The van der Waals surface area contributed by atoms with Crippen molar-refractivity contribution in [2.45, 2.75) is 6.18 Å². The zero-order chi connectivity index (χ0) is 38.1. The Morgan fingerprint density at radius 1 is 0.411 bits per heavy atom. The van der Waals surface area contributed by atoms with E-state index in [-0.39, 0.29) is 22.5 Å². The summed E-state index contributed by atoms with van der Waals surface area (Å²) in [7, 11) is 0. The number of nitrogens with zero attached hydrogens (tertiary/aromatic N) is 6. The summed E-state index contributed by atoms with van der Waals surface area (Å²) in [6, 6.07) is 34.4. The fraction of sp³-hybridized carbons (Fsp3) is 0.0222. The molecule has 10 rings (SSSR count). The molecule has 56 heavy (non-hydrogen) atoms. The van der Waals surface area contributed by atoms with Crippen molar-refractivity contribution in [3.63, 3.8) is 0 Å². The Hall–Kier alpha value is -7.27. The summed E-state index contributed by atoms with van der Waals surface area (Å²) in [5.41, 5.74) is 2.48. The Kier molecular flexibility index (Phi) is 7.53. The third kappa shape index (κ3) is 5.38. The minimum absolute atomic E-state index is 0.0556.